The van der Waals surface area contributed by atoms with Gasteiger partial charge in [0.05, 0.1) is 17.7 Å². The zero-order valence-electron chi connectivity index (χ0n) is 11.9. The van der Waals surface area contributed by atoms with Crippen molar-refractivity contribution in [3.8, 4) is 11.5 Å². The van der Waals surface area contributed by atoms with E-state index in [9.17, 15) is 4.79 Å². The summed E-state index contributed by atoms with van der Waals surface area (Å²) in [5, 5.41) is 11.8. The van der Waals surface area contributed by atoms with Crippen molar-refractivity contribution >= 4 is 21.9 Å². The molecule has 0 aliphatic heterocycles. The molecule has 0 saturated heterocycles. The van der Waals surface area contributed by atoms with Gasteiger partial charge in [0.25, 0.3) is 0 Å². The second-order valence-corrected chi connectivity index (χ2v) is 5.07. The van der Waals surface area contributed by atoms with E-state index in [1.807, 2.05) is 26.0 Å². The van der Waals surface area contributed by atoms with Gasteiger partial charge in [0.1, 0.15) is 6.04 Å². The van der Waals surface area contributed by atoms with E-state index in [0.29, 0.717) is 31.3 Å². The van der Waals surface area contributed by atoms with E-state index in [-0.39, 0.29) is 0 Å². The summed E-state index contributed by atoms with van der Waals surface area (Å²) in [6.07, 6.45) is 0. The average Bonchev–Trinajstić information content (AvgIpc) is 2.40. The van der Waals surface area contributed by atoms with Crippen molar-refractivity contribution in [2.24, 2.45) is 0 Å². The molecule has 1 aromatic rings. The van der Waals surface area contributed by atoms with Crippen LogP contribution in [-0.4, -0.2) is 30.3 Å². The topological polar surface area (TPSA) is 67.8 Å². The van der Waals surface area contributed by atoms with E-state index >= 15 is 0 Å². The number of carboxylic acids is 1. The van der Waals surface area contributed by atoms with Crippen molar-refractivity contribution in [2.75, 3.05) is 13.2 Å². The first-order valence-corrected chi connectivity index (χ1v) is 7.33. The molecule has 6 heteroatoms. The minimum atomic E-state index is -0.875. The van der Waals surface area contributed by atoms with Crippen LogP contribution < -0.4 is 14.8 Å². The number of nitrogens with one attached hydrogen (secondary N) is 1. The summed E-state index contributed by atoms with van der Waals surface area (Å²) in [6, 6.07) is 3.16. The highest BCUT2D eigenvalue weighted by Crippen LogP contribution is 2.36. The van der Waals surface area contributed by atoms with Crippen LogP contribution in [0.2, 0.25) is 0 Å². The van der Waals surface area contributed by atoms with Crippen LogP contribution in [0.25, 0.3) is 0 Å². The molecule has 0 radical (unpaired) electrons. The number of hydrogen-bond donors (Lipinski definition) is 2. The molecule has 0 aliphatic rings. The van der Waals surface area contributed by atoms with Crippen LogP contribution in [-0.2, 0) is 11.3 Å². The van der Waals surface area contributed by atoms with Crippen LogP contribution in [0.15, 0.2) is 16.6 Å². The molecule has 1 unspecified atom stereocenters. The zero-order chi connectivity index (χ0) is 15.1. The summed E-state index contributed by atoms with van der Waals surface area (Å²) >= 11 is 3.46. The maximum absolute atomic E-state index is 10.8. The Kier molecular flexibility index (Phi) is 6.81. The van der Waals surface area contributed by atoms with Crippen LogP contribution in [0.5, 0.6) is 11.5 Å². The standard InChI is InChI=1S/C14H20BrNO4/c1-4-19-12-7-10(8-16-9(3)14(17)18)6-11(15)13(12)20-5-2/h6-7,9,16H,4-5,8H2,1-3H3,(H,17,18). The zero-order valence-corrected chi connectivity index (χ0v) is 13.5. The first-order chi connectivity index (χ1) is 9.49. The predicted molar refractivity (Wildman–Crippen MR) is 80.4 cm³/mol. The lowest BCUT2D eigenvalue weighted by Gasteiger charge is -2.15. The summed E-state index contributed by atoms with van der Waals surface area (Å²) in [6.45, 7) is 6.95. The SMILES string of the molecule is CCOc1cc(CNC(C)C(=O)O)cc(Br)c1OCC. The highest BCUT2D eigenvalue weighted by molar-refractivity contribution is 9.10. The van der Waals surface area contributed by atoms with Crippen LogP contribution in [0.3, 0.4) is 0 Å². The third-order valence-corrected chi connectivity index (χ3v) is 3.23. The minimum Gasteiger partial charge on any atom is -0.490 e. The number of ether oxygens (including phenoxy) is 2. The molecule has 20 heavy (non-hydrogen) atoms. The molecule has 0 heterocycles. The highest BCUT2D eigenvalue weighted by atomic mass is 79.9. The molecule has 2 N–H and O–H groups in total. The molecule has 0 amide bonds. The fourth-order valence-electron chi connectivity index (χ4n) is 1.63. The Bertz CT molecular complexity index is 465. The smallest absolute Gasteiger partial charge is 0.320 e. The molecule has 0 saturated carbocycles. The lowest BCUT2D eigenvalue weighted by molar-refractivity contribution is -0.139. The van der Waals surface area contributed by atoms with Gasteiger partial charge in [-0.25, -0.2) is 0 Å². The molecule has 0 spiro atoms. The van der Waals surface area contributed by atoms with Crippen LogP contribution in [0.4, 0.5) is 0 Å². The van der Waals surface area contributed by atoms with Gasteiger partial charge < -0.3 is 19.9 Å². The third-order valence-electron chi connectivity index (χ3n) is 2.64. The molecule has 0 fully saturated rings. The third kappa shape index (κ3) is 4.68. The fourth-order valence-corrected chi connectivity index (χ4v) is 2.23. The molecule has 5 nitrogen and oxygen atoms in total. The summed E-state index contributed by atoms with van der Waals surface area (Å²) in [5.74, 6) is 0.452. The first kappa shape index (κ1) is 16.8. The van der Waals surface area contributed by atoms with Gasteiger partial charge in [-0.15, -0.1) is 0 Å². The number of carboxylic acid groups (broad SMARTS) is 1. The molecular formula is C14H20BrNO4. The van der Waals surface area contributed by atoms with Crippen molar-refractivity contribution in [1.82, 2.24) is 5.32 Å². The van der Waals surface area contributed by atoms with Gasteiger partial charge in [-0.3, -0.25) is 4.79 Å². The molecule has 0 aliphatic carbocycles. The summed E-state index contributed by atoms with van der Waals surface area (Å²) in [4.78, 5) is 10.8. The van der Waals surface area contributed by atoms with E-state index in [2.05, 4.69) is 21.2 Å². The molecule has 112 valence electrons. The Hall–Kier alpha value is -1.27. The van der Waals surface area contributed by atoms with E-state index in [1.54, 1.807) is 6.92 Å². The second kappa shape index (κ2) is 8.11. The number of benzene rings is 1. The van der Waals surface area contributed by atoms with Crippen molar-refractivity contribution in [1.29, 1.82) is 0 Å². The average molecular weight is 346 g/mol. The number of aliphatic carboxylic acids is 1. The fraction of sp³-hybridized carbons (Fsp3) is 0.500. The number of carbonyl (C=O) groups is 1. The van der Waals surface area contributed by atoms with Gasteiger partial charge in [0.15, 0.2) is 11.5 Å². The number of hydrogen-bond acceptors (Lipinski definition) is 4. The van der Waals surface area contributed by atoms with E-state index in [4.69, 9.17) is 14.6 Å². The Morgan fingerprint density at radius 2 is 2.00 bits per heavy atom. The van der Waals surface area contributed by atoms with E-state index in [1.165, 1.54) is 0 Å². The Balaban J connectivity index is 2.90. The van der Waals surface area contributed by atoms with Gasteiger partial charge in [-0.2, -0.15) is 0 Å². The lowest BCUT2D eigenvalue weighted by atomic mass is 10.2. The molecule has 1 aromatic carbocycles. The van der Waals surface area contributed by atoms with Gasteiger partial charge >= 0.3 is 5.97 Å². The monoisotopic (exact) mass is 345 g/mol. The summed E-state index contributed by atoms with van der Waals surface area (Å²) < 4.78 is 11.9. The van der Waals surface area contributed by atoms with Crippen LogP contribution in [0, 0.1) is 0 Å². The maximum atomic E-state index is 10.8. The van der Waals surface area contributed by atoms with Crippen molar-refractivity contribution < 1.29 is 19.4 Å². The molecule has 1 atom stereocenters. The van der Waals surface area contributed by atoms with Crippen molar-refractivity contribution in [3.63, 3.8) is 0 Å². The molecular weight excluding hydrogens is 326 g/mol. The molecule has 1 rings (SSSR count). The number of rotatable bonds is 8. The molecule has 0 bridgehead atoms. The largest absolute Gasteiger partial charge is 0.490 e. The maximum Gasteiger partial charge on any atom is 0.320 e. The van der Waals surface area contributed by atoms with Gasteiger partial charge in [-0.05, 0) is 54.4 Å². The summed E-state index contributed by atoms with van der Waals surface area (Å²) in [5.41, 5.74) is 0.928. The van der Waals surface area contributed by atoms with Crippen molar-refractivity contribution in [2.45, 2.75) is 33.4 Å². The quantitative estimate of drug-likeness (QED) is 0.758. The molecule has 0 aromatic heterocycles. The van der Waals surface area contributed by atoms with Crippen LogP contribution in [0.1, 0.15) is 26.3 Å². The van der Waals surface area contributed by atoms with Crippen LogP contribution >= 0.6 is 15.9 Å². The Labute approximate surface area is 127 Å². The van der Waals surface area contributed by atoms with Crippen molar-refractivity contribution in [3.05, 3.63) is 22.2 Å². The predicted octanol–water partition coefficient (Wildman–Crippen LogP) is 2.81. The Morgan fingerprint density at radius 3 is 2.55 bits per heavy atom. The normalized spacial score (nSPS) is 12.0. The van der Waals surface area contributed by atoms with E-state index in [0.717, 1.165) is 10.0 Å². The minimum absolute atomic E-state index is 0.443. The van der Waals surface area contributed by atoms with Gasteiger partial charge in [0.2, 0.25) is 0 Å². The van der Waals surface area contributed by atoms with Gasteiger partial charge in [0, 0.05) is 6.54 Å². The lowest BCUT2D eigenvalue weighted by Crippen LogP contribution is -2.33. The summed E-state index contributed by atoms with van der Waals surface area (Å²) in [7, 11) is 0. The van der Waals surface area contributed by atoms with E-state index < -0.39 is 12.0 Å². The first-order valence-electron chi connectivity index (χ1n) is 6.53. The second-order valence-electron chi connectivity index (χ2n) is 4.21. The van der Waals surface area contributed by atoms with Gasteiger partial charge in [-0.1, -0.05) is 0 Å². The number of halogens is 1. The highest BCUT2D eigenvalue weighted by Gasteiger charge is 2.14. The Morgan fingerprint density at radius 1 is 1.35 bits per heavy atom.